The molecule has 3 aromatic carbocycles. The molecule has 4 rings (SSSR count). The first-order chi connectivity index (χ1) is 11.2. The van der Waals surface area contributed by atoms with Gasteiger partial charge >= 0.3 is 5.97 Å². The third kappa shape index (κ3) is 1.87. The molecule has 23 heavy (non-hydrogen) atoms. The number of hydrogen-bond donors (Lipinski definition) is 2. The van der Waals surface area contributed by atoms with Gasteiger partial charge in [-0.1, -0.05) is 66.7 Å². The van der Waals surface area contributed by atoms with Gasteiger partial charge in [-0.2, -0.15) is 0 Å². The van der Waals surface area contributed by atoms with E-state index in [0.717, 1.165) is 27.9 Å². The molecule has 0 aromatic heterocycles. The second-order valence-corrected chi connectivity index (χ2v) is 5.64. The first-order valence-corrected chi connectivity index (χ1v) is 7.49. The Morgan fingerprint density at radius 1 is 0.739 bits per heavy atom. The molecular formula is C20H15NO2. The first-order valence-electron chi connectivity index (χ1n) is 7.49. The van der Waals surface area contributed by atoms with E-state index in [2.05, 4.69) is 5.32 Å². The topological polar surface area (TPSA) is 49.3 Å². The molecule has 0 saturated heterocycles. The van der Waals surface area contributed by atoms with E-state index in [-0.39, 0.29) is 0 Å². The van der Waals surface area contributed by atoms with Gasteiger partial charge < -0.3 is 10.4 Å². The van der Waals surface area contributed by atoms with Crippen LogP contribution in [-0.4, -0.2) is 11.1 Å². The molecule has 0 bridgehead atoms. The molecule has 2 N–H and O–H groups in total. The predicted octanol–water partition coefficient (Wildman–Crippen LogP) is 4.11. The van der Waals surface area contributed by atoms with Crippen LogP contribution in [0.2, 0.25) is 0 Å². The molecule has 1 aliphatic carbocycles. The van der Waals surface area contributed by atoms with E-state index in [1.807, 2.05) is 78.9 Å². The predicted molar refractivity (Wildman–Crippen MR) is 90.4 cm³/mol. The van der Waals surface area contributed by atoms with Crippen molar-refractivity contribution in [3.05, 3.63) is 90.0 Å². The first kappa shape index (κ1) is 13.6. The number of anilines is 1. The number of carbonyl (C=O) groups is 1. The second-order valence-electron chi connectivity index (χ2n) is 5.64. The summed E-state index contributed by atoms with van der Waals surface area (Å²) in [6.45, 7) is 0. The maximum Gasteiger partial charge on any atom is 0.338 e. The smallest absolute Gasteiger partial charge is 0.338 e. The average Bonchev–Trinajstić information content (AvgIpc) is 2.88. The van der Waals surface area contributed by atoms with E-state index in [1.165, 1.54) is 0 Å². The van der Waals surface area contributed by atoms with Gasteiger partial charge in [-0.3, -0.25) is 0 Å². The Hall–Kier alpha value is -3.07. The highest BCUT2D eigenvalue weighted by Crippen LogP contribution is 2.49. The molecule has 0 spiro atoms. The standard InChI is InChI=1S/C20H15NO2/c22-19(23)20(21-14-8-2-1-3-9-14)17-12-6-4-10-15(17)16-11-5-7-13-18(16)20/h1-13,21H,(H,22,23). The summed E-state index contributed by atoms with van der Waals surface area (Å²) in [7, 11) is 0. The van der Waals surface area contributed by atoms with Crippen LogP contribution in [-0.2, 0) is 10.3 Å². The van der Waals surface area contributed by atoms with Gasteiger partial charge in [0.2, 0.25) is 0 Å². The molecule has 0 heterocycles. The van der Waals surface area contributed by atoms with Crippen LogP contribution in [0.15, 0.2) is 78.9 Å². The Morgan fingerprint density at radius 3 is 1.74 bits per heavy atom. The van der Waals surface area contributed by atoms with E-state index in [9.17, 15) is 9.90 Å². The van der Waals surface area contributed by atoms with E-state index >= 15 is 0 Å². The zero-order chi connectivity index (χ0) is 15.9. The van der Waals surface area contributed by atoms with Crippen LogP contribution in [0.3, 0.4) is 0 Å². The summed E-state index contributed by atoms with van der Waals surface area (Å²) in [6.07, 6.45) is 0. The highest BCUT2D eigenvalue weighted by Gasteiger charge is 2.49. The van der Waals surface area contributed by atoms with Crippen LogP contribution < -0.4 is 5.32 Å². The molecule has 0 unspecified atom stereocenters. The number of carboxylic acids is 1. The van der Waals surface area contributed by atoms with Crippen LogP contribution in [0.5, 0.6) is 0 Å². The third-order valence-electron chi connectivity index (χ3n) is 4.38. The van der Waals surface area contributed by atoms with Crippen molar-refractivity contribution in [3.8, 4) is 11.1 Å². The van der Waals surface area contributed by atoms with Crippen LogP contribution in [0, 0.1) is 0 Å². The lowest BCUT2D eigenvalue weighted by molar-refractivity contribution is -0.141. The largest absolute Gasteiger partial charge is 0.479 e. The molecular weight excluding hydrogens is 286 g/mol. The van der Waals surface area contributed by atoms with Gasteiger partial charge in [0.15, 0.2) is 5.54 Å². The fourth-order valence-electron chi connectivity index (χ4n) is 3.39. The van der Waals surface area contributed by atoms with Crippen molar-refractivity contribution in [1.82, 2.24) is 0 Å². The van der Waals surface area contributed by atoms with Crippen molar-refractivity contribution in [3.63, 3.8) is 0 Å². The number of benzene rings is 3. The Bertz CT molecular complexity index is 841. The summed E-state index contributed by atoms with van der Waals surface area (Å²) in [5.41, 5.74) is 2.99. The van der Waals surface area contributed by atoms with Crippen LogP contribution in [0.1, 0.15) is 11.1 Å². The molecule has 0 radical (unpaired) electrons. The summed E-state index contributed by atoms with van der Waals surface area (Å²) in [6, 6.07) is 24.8. The number of nitrogens with one attached hydrogen (secondary N) is 1. The number of carboxylic acid groups (broad SMARTS) is 1. The highest BCUT2D eigenvalue weighted by molar-refractivity contribution is 5.99. The van der Waals surface area contributed by atoms with Gasteiger partial charge in [-0.15, -0.1) is 0 Å². The lowest BCUT2D eigenvalue weighted by Crippen LogP contribution is -2.43. The van der Waals surface area contributed by atoms with E-state index in [0.29, 0.717) is 0 Å². The van der Waals surface area contributed by atoms with Crippen LogP contribution >= 0.6 is 0 Å². The number of hydrogen-bond acceptors (Lipinski definition) is 2. The molecule has 0 amide bonds. The zero-order valence-electron chi connectivity index (χ0n) is 12.4. The average molecular weight is 301 g/mol. The van der Waals surface area contributed by atoms with Crippen molar-refractivity contribution < 1.29 is 9.90 Å². The molecule has 3 nitrogen and oxygen atoms in total. The summed E-state index contributed by atoms with van der Waals surface area (Å²) in [4.78, 5) is 12.4. The summed E-state index contributed by atoms with van der Waals surface area (Å²) < 4.78 is 0. The molecule has 0 saturated carbocycles. The third-order valence-corrected chi connectivity index (χ3v) is 4.38. The maximum atomic E-state index is 12.4. The zero-order valence-corrected chi connectivity index (χ0v) is 12.4. The molecule has 0 atom stereocenters. The fraction of sp³-hybridized carbons (Fsp3) is 0.0500. The van der Waals surface area contributed by atoms with Crippen molar-refractivity contribution in [2.75, 3.05) is 5.32 Å². The normalized spacial score (nSPS) is 13.9. The molecule has 1 aliphatic rings. The lowest BCUT2D eigenvalue weighted by atomic mass is 9.87. The van der Waals surface area contributed by atoms with Crippen LogP contribution in [0.25, 0.3) is 11.1 Å². The minimum absolute atomic E-state index is 0.776. The van der Waals surface area contributed by atoms with Gasteiger partial charge in [0, 0.05) is 16.8 Å². The quantitative estimate of drug-likeness (QED) is 0.765. The van der Waals surface area contributed by atoms with Crippen molar-refractivity contribution in [1.29, 1.82) is 0 Å². The molecule has 0 fully saturated rings. The van der Waals surface area contributed by atoms with Gasteiger partial charge in [-0.25, -0.2) is 4.79 Å². The van der Waals surface area contributed by atoms with Crippen molar-refractivity contribution >= 4 is 11.7 Å². The van der Waals surface area contributed by atoms with Crippen LogP contribution in [0.4, 0.5) is 5.69 Å². The van der Waals surface area contributed by atoms with E-state index in [1.54, 1.807) is 0 Å². The monoisotopic (exact) mass is 301 g/mol. The maximum absolute atomic E-state index is 12.4. The molecule has 112 valence electrons. The molecule has 0 aliphatic heterocycles. The SMILES string of the molecule is O=C(O)C1(Nc2ccccc2)c2ccccc2-c2ccccc21. The van der Waals surface area contributed by atoms with Gasteiger partial charge in [0.25, 0.3) is 0 Å². The number of aliphatic carboxylic acids is 1. The van der Waals surface area contributed by atoms with Gasteiger partial charge in [0.1, 0.15) is 0 Å². The van der Waals surface area contributed by atoms with E-state index < -0.39 is 11.5 Å². The Kier molecular flexibility index (Phi) is 2.95. The molecule has 3 heteroatoms. The fourth-order valence-corrected chi connectivity index (χ4v) is 3.39. The summed E-state index contributed by atoms with van der Waals surface area (Å²) in [5, 5.41) is 13.4. The Labute approximate surface area is 134 Å². The van der Waals surface area contributed by atoms with Gasteiger partial charge in [-0.05, 0) is 23.3 Å². The minimum Gasteiger partial charge on any atom is -0.479 e. The second kappa shape index (κ2) is 4.99. The van der Waals surface area contributed by atoms with Crippen molar-refractivity contribution in [2.24, 2.45) is 0 Å². The number of para-hydroxylation sites is 1. The molecule has 3 aromatic rings. The Morgan fingerprint density at radius 2 is 1.22 bits per heavy atom. The Balaban J connectivity index is 2.01. The summed E-state index contributed by atoms with van der Waals surface area (Å²) in [5.74, 6) is -0.904. The van der Waals surface area contributed by atoms with Gasteiger partial charge in [0.05, 0.1) is 0 Å². The summed E-state index contributed by atoms with van der Waals surface area (Å²) >= 11 is 0. The van der Waals surface area contributed by atoms with E-state index in [4.69, 9.17) is 0 Å². The highest BCUT2D eigenvalue weighted by atomic mass is 16.4. The van der Waals surface area contributed by atoms with Crippen molar-refractivity contribution in [2.45, 2.75) is 5.54 Å². The number of fused-ring (bicyclic) bond motifs is 3. The lowest BCUT2D eigenvalue weighted by Gasteiger charge is -2.29. The number of rotatable bonds is 3. The minimum atomic E-state index is -1.27.